The fraction of sp³-hybridized carbons (Fsp3) is 0.125. The number of ether oxygens (including phenoxy) is 1. The van der Waals surface area contributed by atoms with Crippen LogP contribution < -0.4 is 4.74 Å². The quantitative estimate of drug-likeness (QED) is 0.486. The number of aliphatic carboxylic acids is 1. The molecule has 1 aromatic carbocycles. The van der Waals surface area contributed by atoms with E-state index >= 15 is 0 Å². The number of thiophene rings is 1. The van der Waals surface area contributed by atoms with Crippen LogP contribution in [0, 0.1) is 0 Å². The lowest BCUT2D eigenvalue weighted by molar-refractivity contribution is -0.146. The predicted molar refractivity (Wildman–Crippen MR) is 83.4 cm³/mol. The predicted octanol–water partition coefficient (Wildman–Crippen LogP) is 2.90. The maximum atomic E-state index is 11.1. The van der Waals surface area contributed by atoms with E-state index in [0.29, 0.717) is 12.0 Å². The zero-order valence-electron chi connectivity index (χ0n) is 11.8. The summed E-state index contributed by atoms with van der Waals surface area (Å²) in [5.74, 6) is -2.33. The Labute approximate surface area is 131 Å². The highest BCUT2D eigenvalue weighted by molar-refractivity contribution is 7.08. The lowest BCUT2D eigenvalue weighted by atomic mass is 10.0. The van der Waals surface area contributed by atoms with Crippen LogP contribution in [0.1, 0.15) is 16.7 Å². The summed E-state index contributed by atoms with van der Waals surface area (Å²) in [6, 6.07) is 7.49. The fourth-order valence-electron chi connectivity index (χ4n) is 1.91. The first-order chi connectivity index (χ1) is 10.5. The highest BCUT2D eigenvalue weighted by atomic mass is 32.1. The van der Waals surface area contributed by atoms with E-state index in [1.54, 1.807) is 12.5 Å². The van der Waals surface area contributed by atoms with E-state index in [-0.39, 0.29) is 5.76 Å². The number of carboxylic acid groups (broad SMARTS) is 1. The molecule has 2 aromatic rings. The zero-order chi connectivity index (χ0) is 16.1. The number of carbonyl (C=O) groups is 2. The summed E-state index contributed by atoms with van der Waals surface area (Å²) in [6.07, 6.45) is 1.28. The summed E-state index contributed by atoms with van der Waals surface area (Å²) in [7, 11) is 1.59. The van der Waals surface area contributed by atoms with Crippen molar-refractivity contribution in [3.63, 3.8) is 0 Å². The molecule has 1 heterocycles. The minimum absolute atomic E-state index is 0.336. The lowest BCUT2D eigenvalue weighted by Crippen LogP contribution is -2.09. The van der Waals surface area contributed by atoms with Crippen LogP contribution in [0.2, 0.25) is 0 Å². The second-order valence-corrected chi connectivity index (χ2v) is 5.28. The highest BCUT2D eigenvalue weighted by Crippen LogP contribution is 2.25. The van der Waals surface area contributed by atoms with Crippen molar-refractivity contribution >= 4 is 28.8 Å². The Morgan fingerprint density at radius 2 is 1.86 bits per heavy atom. The maximum absolute atomic E-state index is 11.1. The van der Waals surface area contributed by atoms with Crippen molar-refractivity contribution < 1.29 is 24.5 Å². The monoisotopic (exact) mass is 318 g/mol. The average molecular weight is 318 g/mol. The Morgan fingerprint density at radius 3 is 2.45 bits per heavy atom. The smallest absolute Gasteiger partial charge is 0.376 e. The number of ketones is 1. The fourth-order valence-corrected chi connectivity index (χ4v) is 2.76. The molecule has 0 bridgehead atoms. The van der Waals surface area contributed by atoms with Crippen LogP contribution in [0.5, 0.6) is 5.75 Å². The van der Waals surface area contributed by atoms with E-state index in [2.05, 4.69) is 0 Å². The number of rotatable bonds is 6. The number of aliphatic hydroxyl groups excluding tert-OH is 1. The lowest BCUT2D eigenvalue weighted by Gasteiger charge is -2.05. The zero-order valence-corrected chi connectivity index (χ0v) is 12.6. The average Bonchev–Trinajstić information content (AvgIpc) is 2.96. The molecule has 0 spiro atoms. The SMILES string of the molecule is COc1ccc(Cc2cscc2C(O)=CC(=O)C(=O)O)cc1. The van der Waals surface area contributed by atoms with E-state index in [4.69, 9.17) is 9.84 Å². The van der Waals surface area contributed by atoms with Gasteiger partial charge in [-0.2, -0.15) is 11.3 Å². The third-order valence-electron chi connectivity index (χ3n) is 3.05. The number of hydrogen-bond acceptors (Lipinski definition) is 5. The van der Waals surface area contributed by atoms with Crippen LogP contribution in [0.15, 0.2) is 41.1 Å². The molecular formula is C16H14O5S. The Balaban J connectivity index is 2.21. The van der Waals surface area contributed by atoms with E-state index in [1.807, 2.05) is 29.6 Å². The molecule has 0 atom stereocenters. The summed E-state index contributed by atoms with van der Waals surface area (Å²) in [4.78, 5) is 21.7. The van der Waals surface area contributed by atoms with Crippen molar-refractivity contribution in [1.29, 1.82) is 0 Å². The van der Waals surface area contributed by atoms with Gasteiger partial charge in [-0.25, -0.2) is 4.79 Å². The first-order valence-electron chi connectivity index (χ1n) is 6.37. The molecule has 6 heteroatoms. The van der Waals surface area contributed by atoms with Crippen LogP contribution in [-0.2, 0) is 16.0 Å². The molecule has 0 saturated carbocycles. The van der Waals surface area contributed by atoms with Gasteiger partial charge in [-0.05, 0) is 35.1 Å². The largest absolute Gasteiger partial charge is 0.507 e. The summed E-state index contributed by atoms with van der Waals surface area (Å²) in [5.41, 5.74) is 2.30. The van der Waals surface area contributed by atoms with Gasteiger partial charge < -0.3 is 14.9 Å². The number of carbonyl (C=O) groups excluding carboxylic acids is 1. The molecule has 0 aliphatic carbocycles. The molecular weight excluding hydrogens is 304 g/mol. The molecule has 0 fully saturated rings. The van der Waals surface area contributed by atoms with Crippen molar-refractivity contribution in [2.45, 2.75) is 6.42 Å². The van der Waals surface area contributed by atoms with E-state index < -0.39 is 11.8 Å². The van der Waals surface area contributed by atoms with Crippen molar-refractivity contribution in [3.8, 4) is 5.75 Å². The molecule has 0 radical (unpaired) electrons. The van der Waals surface area contributed by atoms with Gasteiger partial charge in [-0.15, -0.1) is 0 Å². The number of hydrogen-bond donors (Lipinski definition) is 2. The molecule has 2 N–H and O–H groups in total. The van der Waals surface area contributed by atoms with Crippen LogP contribution in [0.25, 0.3) is 5.76 Å². The Hall–Kier alpha value is -2.60. The number of methoxy groups -OCH3 is 1. The van der Waals surface area contributed by atoms with Gasteiger partial charge in [0, 0.05) is 17.0 Å². The minimum atomic E-state index is -1.60. The third-order valence-corrected chi connectivity index (χ3v) is 3.84. The van der Waals surface area contributed by atoms with Crippen molar-refractivity contribution in [1.82, 2.24) is 0 Å². The molecule has 0 aliphatic heterocycles. The van der Waals surface area contributed by atoms with Crippen LogP contribution in [-0.4, -0.2) is 29.1 Å². The topological polar surface area (TPSA) is 83.8 Å². The summed E-state index contributed by atoms with van der Waals surface area (Å²) in [5, 5.41) is 22.0. The molecule has 22 heavy (non-hydrogen) atoms. The second kappa shape index (κ2) is 6.91. The minimum Gasteiger partial charge on any atom is -0.507 e. The number of benzene rings is 1. The summed E-state index contributed by atoms with van der Waals surface area (Å²) in [6.45, 7) is 0. The molecule has 0 saturated heterocycles. The van der Waals surface area contributed by atoms with Gasteiger partial charge in [0.05, 0.1) is 7.11 Å². The maximum Gasteiger partial charge on any atom is 0.376 e. The van der Waals surface area contributed by atoms with Gasteiger partial charge in [0.2, 0.25) is 0 Å². The van der Waals surface area contributed by atoms with Crippen molar-refractivity contribution in [2.24, 2.45) is 0 Å². The number of aliphatic hydroxyl groups is 1. The molecule has 1 aromatic heterocycles. The Kier molecular flexibility index (Phi) is 4.95. The normalized spacial score (nSPS) is 11.2. The van der Waals surface area contributed by atoms with Crippen LogP contribution >= 0.6 is 11.3 Å². The van der Waals surface area contributed by atoms with Crippen LogP contribution in [0.3, 0.4) is 0 Å². The molecule has 0 unspecified atom stereocenters. The second-order valence-electron chi connectivity index (χ2n) is 4.53. The summed E-state index contributed by atoms with van der Waals surface area (Å²) >= 11 is 1.37. The van der Waals surface area contributed by atoms with Gasteiger partial charge in [0.15, 0.2) is 0 Å². The molecule has 114 valence electrons. The molecule has 0 aliphatic rings. The van der Waals surface area contributed by atoms with Gasteiger partial charge in [0.25, 0.3) is 5.78 Å². The Morgan fingerprint density at radius 1 is 1.18 bits per heavy atom. The third kappa shape index (κ3) is 3.73. The Bertz CT molecular complexity index is 712. The van der Waals surface area contributed by atoms with Crippen LogP contribution in [0.4, 0.5) is 0 Å². The molecule has 0 amide bonds. The van der Waals surface area contributed by atoms with Gasteiger partial charge in [-0.1, -0.05) is 12.1 Å². The van der Waals surface area contributed by atoms with Gasteiger partial charge >= 0.3 is 5.97 Å². The van der Waals surface area contributed by atoms with Gasteiger partial charge in [0.1, 0.15) is 11.5 Å². The van der Waals surface area contributed by atoms with Crippen molar-refractivity contribution in [3.05, 3.63) is 57.8 Å². The number of carboxylic acids is 1. The molecule has 2 rings (SSSR count). The van der Waals surface area contributed by atoms with Crippen molar-refractivity contribution in [2.75, 3.05) is 7.11 Å². The first-order valence-corrected chi connectivity index (χ1v) is 7.32. The van der Waals surface area contributed by atoms with E-state index in [9.17, 15) is 14.7 Å². The highest BCUT2D eigenvalue weighted by Gasteiger charge is 2.14. The van der Waals surface area contributed by atoms with Gasteiger partial charge in [-0.3, -0.25) is 4.79 Å². The first kappa shape index (κ1) is 15.8. The van der Waals surface area contributed by atoms with E-state index in [1.165, 1.54) is 11.3 Å². The van der Waals surface area contributed by atoms with E-state index in [0.717, 1.165) is 23.0 Å². The summed E-state index contributed by atoms with van der Waals surface area (Å²) < 4.78 is 5.09. The standard InChI is InChI=1S/C16H14O5S/c1-21-12-4-2-10(3-5-12)6-11-8-22-9-13(11)14(17)7-15(18)16(19)20/h2-5,7-9,17H,6H2,1H3,(H,19,20). The molecule has 5 nitrogen and oxygen atoms in total.